The summed E-state index contributed by atoms with van der Waals surface area (Å²) >= 11 is 12.5. The zero-order valence-electron chi connectivity index (χ0n) is 17.8. The molecule has 5 aromatic rings. The van der Waals surface area contributed by atoms with Crippen LogP contribution in [0.1, 0.15) is 18.7 Å². The average molecular weight is 480 g/mol. The summed E-state index contributed by atoms with van der Waals surface area (Å²) in [6.07, 6.45) is 1.94. The largest absolute Gasteiger partial charge is 0.376 e. The maximum Gasteiger partial charge on any atom is 0.265 e. The zero-order valence-corrected chi connectivity index (χ0v) is 19.3. The van der Waals surface area contributed by atoms with Crippen LogP contribution >= 0.6 is 23.2 Å². The fourth-order valence-electron chi connectivity index (χ4n) is 4.51. The van der Waals surface area contributed by atoms with Gasteiger partial charge in [0.15, 0.2) is 11.3 Å². The van der Waals surface area contributed by atoms with Crippen LogP contribution in [0.5, 0.6) is 0 Å². The summed E-state index contributed by atoms with van der Waals surface area (Å²) in [6.45, 7) is 3.03. The van der Waals surface area contributed by atoms with Crippen LogP contribution in [0.3, 0.4) is 0 Å². The van der Waals surface area contributed by atoms with Gasteiger partial charge in [-0.2, -0.15) is 0 Å². The van der Waals surface area contributed by atoms with Crippen molar-refractivity contribution >= 4 is 56.4 Å². The molecule has 1 unspecified atom stereocenters. The van der Waals surface area contributed by atoms with Crippen LogP contribution in [0.15, 0.2) is 47.3 Å². The lowest BCUT2D eigenvalue weighted by Gasteiger charge is -2.14. The molecule has 0 saturated carbocycles. The smallest absolute Gasteiger partial charge is 0.265 e. The van der Waals surface area contributed by atoms with E-state index in [1.807, 2.05) is 41.8 Å². The molecule has 9 heteroatoms. The van der Waals surface area contributed by atoms with Crippen LogP contribution in [0.2, 0.25) is 10.0 Å². The Morgan fingerprint density at radius 2 is 1.82 bits per heavy atom. The molecule has 0 N–H and O–H groups in total. The van der Waals surface area contributed by atoms with Gasteiger partial charge in [-0.15, -0.1) is 0 Å². The van der Waals surface area contributed by atoms with E-state index in [0.29, 0.717) is 55.8 Å². The Morgan fingerprint density at radius 1 is 1.03 bits per heavy atom. The van der Waals surface area contributed by atoms with Crippen molar-refractivity contribution in [3.8, 4) is 5.69 Å². The second-order valence-corrected chi connectivity index (χ2v) is 9.04. The fourth-order valence-corrected chi connectivity index (χ4v) is 4.80. The molecular formula is C24H19Cl2N5O2. The molecule has 1 atom stereocenters. The first-order valence-electron chi connectivity index (χ1n) is 10.8. The first-order chi connectivity index (χ1) is 16.0. The number of ether oxygens (including phenoxy) is 1. The summed E-state index contributed by atoms with van der Waals surface area (Å²) in [6, 6.07) is 12.9. The summed E-state index contributed by atoms with van der Waals surface area (Å²) < 4.78 is 9.29. The van der Waals surface area contributed by atoms with Crippen molar-refractivity contribution in [2.24, 2.45) is 0 Å². The lowest BCUT2D eigenvalue weighted by molar-refractivity contribution is 0.0955. The monoisotopic (exact) mass is 479 g/mol. The van der Waals surface area contributed by atoms with E-state index in [-0.39, 0.29) is 11.7 Å². The van der Waals surface area contributed by atoms with Gasteiger partial charge in [-0.1, -0.05) is 35.3 Å². The first kappa shape index (κ1) is 20.6. The first-order valence-corrected chi connectivity index (χ1v) is 11.5. The predicted molar refractivity (Wildman–Crippen MR) is 130 cm³/mol. The number of halogens is 2. The Kier molecular flexibility index (Phi) is 4.87. The van der Waals surface area contributed by atoms with E-state index in [2.05, 4.69) is 0 Å². The lowest BCUT2D eigenvalue weighted by Crippen LogP contribution is -2.29. The molecule has 2 aromatic carbocycles. The maximum absolute atomic E-state index is 13.8. The Balaban J connectivity index is 1.72. The Morgan fingerprint density at radius 3 is 2.55 bits per heavy atom. The van der Waals surface area contributed by atoms with Crippen molar-refractivity contribution in [3.63, 3.8) is 0 Å². The minimum Gasteiger partial charge on any atom is -0.376 e. The van der Waals surface area contributed by atoms with Crippen molar-refractivity contribution in [1.82, 2.24) is 24.1 Å². The van der Waals surface area contributed by atoms with Gasteiger partial charge in [0.25, 0.3) is 5.56 Å². The van der Waals surface area contributed by atoms with Crippen molar-refractivity contribution in [1.29, 1.82) is 0 Å². The van der Waals surface area contributed by atoms with Gasteiger partial charge in [-0.3, -0.25) is 13.9 Å². The van der Waals surface area contributed by atoms with E-state index in [1.54, 1.807) is 16.7 Å². The van der Waals surface area contributed by atoms with E-state index in [0.717, 1.165) is 25.0 Å². The van der Waals surface area contributed by atoms with Gasteiger partial charge >= 0.3 is 0 Å². The highest BCUT2D eigenvalue weighted by atomic mass is 35.5. The van der Waals surface area contributed by atoms with E-state index in [1.165, 1.54) is 0 Å². The van der Waals surface area contributed by atoms with Gasteiger partial charge in [0, 0.05) is 6.61 Å². The fraction of sp³-hybridized carbons (Fsp3) is 0.250. The number of fused-ring (bicyclic) bond motifs is 4. The summed E-state index contributed by atoms with van der Waals surface area (Å²) in [5, 5.41) is 1.28. The SMILES string of the molecule is Cc1nc2c(c(=O)n1CC1CCCO1)c1nc3ccccc3nc1n2-c1ccc(Cl)c(Cl)c1. The molecule has 6 rings (SSSR count). The number of nitrogens with zero attached hydrogens (tertiary/aromatic N) is 5. The van der Waals surface area contributed by atoms with Crippen LogP contribution in [-0.4, -0.2) is 36.8 Å². The van der Waals surface area contributed by atoms with Gasteiger partial charge in [0.1, 0.15) is 16.7 Å². The van der Waals surface area contributed by atoms with Gasteiger partial charge in [-0.25, -0.2) is 15.0 Å². The summed E-state index contributed by atoms with van der Waals surface area (Å²) in [5.74, 6) is 0.608. The summed E-state index contributed by atoms with van der Waals surface area (Å²) in [5.41, 5.74) is 3.53. The molecular weight excluding hydrogens is 461 g/mol. The normalized spacial score (nSPS) is 16.4. The topological polar surface area (TPSA) is 74.8 Å². The summed E-state index contributed by atoms with van der Waals surface area (Å²) in [7, 11) is 0. The molecule has 0 aliphatic carbocycles. The highest BCUT2D eigenvalue weighted by Gasteiger charge is 2.24. The number of rotatable bonds is 3. The highest BCUT2D eigenvalue weighted by Crippen LogP contribution is 2.31. The minimum atomic E-state index is -0.151. The van der Waals surface area contributed by atoms with Crippen LogP contribution in [0, 0.1) is 6.92 Å². The number of aromatic nitrogens is 5. The minimum absolute atomic E-state index is 0.0102. The standard InChI is InChI=1S/C24H19Cl2N5O2/c1-13-27-22-20(24(32)30(13)12-15-5-4-10-33-15)21-23(29-19-7-3-2-6-18(19)28-21)31(22)14-8-9-16(25)17(26)11-14/h2-3,6-9,11,15H,4-5,10,12H2,1H3. The third-order valence-corrected chi connectivity index (χ3v) is 6.86. The Bertz CT molecular complexity index is 1620. The molecule has 4 heterocycles. The van der Waals surface area contributed by atoms with E-state index in [4.69, 9.17) is 42.9 Å². The third-order valence-electron chi connectivity index (χ3n) is 6.13. The molecule has 1 aliphatic rings. The molecule has 0 bridgehead atoms. The third kappa shape index (κ3) is 3.30. The van der Waals surface area contributed by atoms with E-state index < -0.39 is 0 Å². The van der Waals surface area contributed by atoms with Gasteiger partial charge < -0.3 is 4.74 Å². The molecule has 1 fully saturated rings. The Hall–Kier alpha value is -3.00. The van der Waals surface area contributed by atoms with Gasteiger partial charge in [-0.05, 0) is 50.1 Å². The lowest BCUT2D eigenvalue weighted by atomic mass is 10.2. The van der Waals surface area contributed by atoms with Crippen molar-refractivity contribution in [2.75, 3.05) is 6.61 Å². The van der Waals surface area contributed by atoms with Gasteiger partial charge in [0.2, 0.25) is 0 Å². The van der Waals surface area contributed by atoms with E-state index >= 15 is 0 Å². The highest BCUT2D eigenvalue weighted by molar-refractivity contribution is 6.42. The van der Waals surface area contributed by atoms with Crippen molar-refractivity contribution in [2.45, 2.75) is 32.4 Å². The molecule has 1 saturated heterocycles. The van der Waals surface area contributed by atoms with Crippen LogP contribution in [0.25, 0.3) is 38.9 Å². The molecule has 166 valence electrons. The van der Waals surface area contributed by atoms with Crippen LogP contribution in [-0.2, 0) is 11.3 Å². The summed E-state index contributed by atoms with van der Waals surface area (Å²) in [4.78, 5) is 28.3. The van der Waals surface area contributed by atoms with Crippen molar-refractivity contribution in [3.05, 3.63) is 68.7 Å². The second-order valence-electron chi connectivity index (χ2n) is 8.23. The molecule has 0 amide bonds. The second kappa shape index (κ2) is 7.80. The number of aryl methyl sites for hydroxylation is 1. The maximum atomic E-state index is 13.8. The molecule has 7 nitrogen and oxygen atoms in total. The average Bonchev–Trinajstić information content (AvgIpc) is 3.42. The predicted octanol–water partition coefficient (Wildman–Crippen LogP) is 5.08. The number of hydrogen-bond acceptors (Lipinski definition) is 5. The molecule has 0 radical (unpaired) electrons. The quantitative estimate of drug-likeness (QED) is 0.360. The molecule has 33 heavy (non-hydrogen) atoms. The molecule has 3 aromatic heterocycles. The number of para-hydroxylation sites is 2. The van der Waals surface area contributed by atoms with E-state index in [9.17, 15) is 4.79 Å². The molecule has 1 aliphatic heterocycles. The van der Waals surface area contributed by atoms with Crippen LogP contribution < -0.4 is 5.56 Å². The Labute approximate surface area is 198 Å². The number of benzene rings is 2. The van der Waals surface area contributed by atoms with Crippen molar-refractivity contribution < 1.29 is 4.74 Å². The van der Waals surface area contributed by atoms with Gasteiger partial charge in [0.05, 0.1) is 39.4 Å². The zero-order chi connectivity index (χ0) is 22.7. The molecule has 0 spiro atoms. The number of hydrogen-bond donors (Lipinski definition) is 0. The van der Waals surface area contributed by atoms with Crippen LogP contribution in [0.4, 0.5) is 0 Å².